The highest BCUT2D eigenvalue weighted by Crippen LogP contribution is 2.36. The maximum Gasteiger partial charge on any atom is 0.138 e. The molecule has 18 heavy (non-hydrogen) atoms. The molecule has 1 N–H and O–H groups in total. The Morgan fingerprint density at radius 1 is 1.17 bits per heavy atom. The van der Waals surface area contributed by atoms with E-state index in [1.807, 2.05) is 12.1 Å². The van der Waals surface area contributed by atoms with Crippen molar-refractivity contribution in [3.8, 4) is 11.4 Å². The van der Waals surface area contributed by atoms with E-state index in [9.17, 15) is 0 Å². The predicted octanol–water partition coefficient (Wildman–Crippen LogP) is 4.69. The molecule has 1 aromatic carbocycles. The topological polar surface area (TPSA) is 41.6 Å². The van der Waals surface area contributed by atoms with Crippen molar-refractivity contribution in [2.24, 2.45) is 0 Å². The molecule has 0 spiro atoms. The molecular weight excluding hydrogens is 337 g/mol. The first-order valence-corrected chi connectivity index (χ1v) is 6.65. The van der Waals surface area contributed by atoms with Crippen molar-refractivity contribution >= 4 is 50.2 Å². The number of hydrogen-bond acceptors (Lipinski definition) is 2. The SMILES string of the molecule is Clc1cc2[nH]c(-c3ccncc3)nc2c(Br)c1Cl. The van der Waals surface area contributed by atoms with Gasteiger partial charge in [0.1, 0.15) is 11.3 Å². The molecule has 0 atom stereocenters. The lowest BCUT2D eigenvalue weighted by Crippen LogP contribution is -1.79. The summed E-state index contributed by atoms with van der Waals surface area (Å²) in [7, 11) is 0. The van der Waals surface area contributed by atoms with Crippen molar-refractivity contribution in [1.29, 1.82) is 0 Å². The first kappa shape index (κ1) is 12.0. The van der Waals surface area contributed by atoms with Gasteiger partial charge in [0, 0.05) is 18.0 Å². The largest absolute Gasteiger partial charge is 0.338 e. The third-order valence-electron chi connectivity index (χ3n) is 2.57. The van der Waals surface area contributed by atoms with Gasteiger partial charge < -0.3 is 4.98 Å². The number of benzene rings is 1. The molecule has 0 saturated heterocycles. The Bertz CT molecular complexity index is 725. The monoisotopic (exact) mass is 341 g/mol. The minimum Gasteiger partial charge on any atom is -0.338 e. The number of nitrogens with one attached hydrogen (secondary N) is 1. The summed E-state index contributed by atoms with van der Waals surface area (Å²) in [5.41, 5.74) is 2.56. The summed E-state index contributed by atoms with van der Waals surface area (Å²) < 4.78 is 0.697. The summed E-state index contributed by atoms with van der Waals surface area (Å²) in [5.74, 6) is 0.756. The number of pyridine rings is 1. The minimum atomic E-state index is 0.469. The van der Waals surface area contributed by atoms with Gasteiger partial charge >= 0.3 is 0 Å². The van der Waals surface area contributed by atoms with Crippen molar-refractivity contribution in [3.63, 3.8) is 0 Å². The molecule has 0 saturated carbocycles. The van der Waals surface area contributed by atoms with Crippen LogP contribution in [0.25, 0.3) is 22.4 Å². The van der Waals surface area contributed by atoms with Gasteiger partial charge in [-0.25, -0.2) is 4.98 Å². The second-order valence-electron chi connectivity index (χ2n) is 3.70. The summed E-state index contributed by atoms with van der Waals surface area (Å²) in [4.78, 5) is 11.7. The van der Waals surface area contributed by atoms with Crippen LogP contribution in [-0.4, -0.2) is 15.0 Å². The van der Waals surface area contributed by atoms with Gasteiger partial charge in [-0.05, 0) is 34.1 Å². The number of aromatic amines is 1. The van der Waals surface area contributed by atoms with Crippen LogP contribution in [0, 0.1) is 0 Å². The molecule has 0 aliphatic rings. The van der Waals surface area contributed by atoms with Gasteiger partial charge in [0.2, 0.25) is 0 Å². The number of aromatic nitrogens is 3. The lowest BCUT2D eigenvalue weighted by atomic mass is 10.3. The van der Waals surface area contributed by atoms with Crippen LogP contribution in [0.5, 0.6) is 0 Å². The van der Waals surface area contributed by atoms with Crippen LogP contribution in [-0.2, 0) is 0 Å². The Morgan fingerprint density at radius 3 is 2.61 bits per heavy atom. The van der Waals surface area contributed by atoms with Gasteiger partial charge in [-0.1, -0.05) is 23.2 Å². The minimum absolute atomic E-state index is 0.469. The quantitative estimate of drug-likeness (QED) is 0.651. The third kappa shape index (κ3) is 1.90. The lowest BCUT2D eigenvalue weighted by Gasteiger charge is -1.98. The van der Waals surface area contributed by atoms with E-state index in [1.165, 1.54) is 0 Å². The van der Waals surface area contributed by atoms with Crippen molar-refractivity contribution < 1.29 is 0 Å². The third-order valence-corrected chi connectivity index (χ3v) is 4.35. The van der Waals surface area contributed by atoms with Crippen molar-refractivity contribution in [3.05, 3.63) is 45.1 Å². The van der Waals surface area contributed by atoms with E-state index in [0.717, 1.165) is 22.4 Å². The smallest absolute Gasteiger partial charge is 0.138 e. The summed E-state index contributed by atoms with van der Waals surface area (Å²) in [6.07, 6.45) is 3.44. The van der Waals surface area contributed by atoms with E-state index in [4.69, 9.17) is 23.2 Å². The number of fused-ring (bicyclic) bond motifs is 1. The summed E-state index contributed by atoms with van der Waals surface area (Å²) in [5, 5.41) is 0.956. The second-order valence-corrected chi connectivity index (χ2v) is 5.28. The molecule has 6 heteroatoms. The van der Waals surface area contributed by atoms with Crippen LogP contribution >= 0.6 is 39.1 Å². The van der Waals surface area contributed by atoms with Crippen LogP contribution < -0.4 is 0 Å². The summed E-state index contributed by atoms with van der Waals surface area (Å²) in [6.45, 7) is 0. The first-order valence-electron chi connectivity index (χ1n) is 5.10. The van der Waals surface area contributed by atoms with Gasteiger partial charge in [-0.2, -0.15) is 0 Å². The van der Waals surface area contributed by atoms with Crippen LogP contribution in [0.4, 0.5) is 0 Å². The highest BCUT2D eigenvalue weighted by molar-refractivity contribution is 9.10. The molecular formula is C12H6BrCl2N3. The highest BCUT2D eigenvalue weighted by atomic mass is 79.9. The fourth-order valence-electron chi connectivity index (χ4n) is 1.70. The van der Waals surface area contributed by atoms with E-state index in [-0.39, 0.29) is 0 Å². The maximum atomic E-state index is 6.07. The fraction of sp³-hybridized carbons (Fsp3) is 0. The summed E-state index contributed by atoms with van der Waals surface area (Å²) >= 11 is 15.5. The van der Waals surface area contributed by atoms with E-state index >= 15 is 0 Å². The average Bonchev–Trinajstić information content (AvgIpc) is 2.81. The number of imidazole rings is 1. The van der Waals surface area contributed by atoms with Crippen LogP contribution in [0.2, 0.25) is 10.0 Å². The molecule has 0 aliphatic carbocycles. The Labute approximate surface area is 121 Å². The van der Waals surface area contributed by atoms with Gasteiger partial charge in [-0.3, -0.25) is 4.98 Å². The molecule has 0 amide bonds. The number of halogens is 3. The predicted molar refractivity (Wildman–Crippen MR) is 77.0 cm³/mol. The normalized spacial score (nSPS) is 11.1. The van der Waals surface area contributed by atoms with Crippen molar-refractivity contribution in [2.75, 3.05) is 0 Å². The number of H-pyrrole nitrogens is 1. The molecule has 0 aliphatic heterocycles. The molecule has 3 rings (SSSR count). The highest BCUT2D eigenvalue weighted by Gasteiger charge is 2.13. The van der Waals surface area contributed by atoms with Crippen molar-refractivity contribution in [1.82, 2.24) is 15.0 Å². The van der Waals surface area contributed by atoms with Crippen LogP contribution in [0.3, 0.4) is 0 Å². The van der Waals surface area contributed by atoms with Crippen molar-refractivity contribution in [2.45, 2.75) is 0 Å². The Balaban J connectivity index is 2.27. The van der Waals surface area contributed by atoms with E-state index in [1.54, 1.807) is 18.5 Å². The number of rotatable bonds is 1. The molecule has 2 aromatic heterocycles. The maximum absolute atomic E-state index is 6.07. The Kier molecular flexibility index (Phi) is 3.01. The molecule has 3 aromatic rings. The molecule has 0 bridgehead atoms. The molecule has 90 valence electrons. The van der Waals surface area contributed by atoms with Gasteiger partial charge in [0.15, 0.2) is 0 Å². The number of hydrogen-bond donors (Lipinski definition) is 1. The number of nitrogens with zero attached hydrogens (tertiary/aromatic N) is 2. The van der Waals surface area contributed by atoms with E-state index in [0.29, 0.717) is 14.5 Å². The van der Waals surface area contributed by atoms with E-state index in [2.05, 4.69) is 30.9 Å². The van der Waals surface area contributed by atoms with Crippen LogP contribution in [0.15, 0.2) is 35.1 Å². The van der Waals surface area contributed by atoms with Crippen LogP contribution in [0.1, 0.15) is 0 Å². The molecule has 0 radical (unpaired) electrons. The lowest BCUT2D eigenvalue weighted by molar-refractivity contribution is 1.28. The average molecular weight is 343 g/mol. The fourth-order valence-corrected chi connectivity index (χ4v) is 2.68. The van der Waals surface area contributed by atoms with Gasteiger partial charge in [0.05, 0.1) is 20.0 Å². The Morgan fingerprint density at radius 2 is 1.89 bits per heavy atom. The molecule has 2 heterocycles. The zero-order valence-corrected chi connectivity index (χ0v) is 12.0. The zero-order valence-electron chi connectivity index (χ0n) is 8.92. The second kappa shape index (κ2) is 4.53. The van der Waals surface area contributed by atoms with Gasteiger partial charge in [0.25, 0.3) is 0 Å². The Hall–Kier alpha value is -1.10. The molecule has 0 unspecified atom stereocenters. The van der Waals surface area contributed by atoms with E-state index < -0.39 is 0 Å². The zero-order chi connectivity index (χ0) is 12.7. The molecule has 0 fully saturated rings. The standard InChI is InChI=1S/C12H6BrCl2N3/c13-9-10(15)7(14)5-8-11(9)18-12(17-8)6-1-3-16-4-2-6/h1-5H,(H,17,18). The molecule has 3 nitrogen and oxygen atoms in total. The van der Waals surface area contributed by atoms with Gasteiger partial charge in [-0.15, -0.1) is 0 Å². The first-order chi connectivity index (χ1) is 8.66. The summed E-state index contributed by atoms with van der Waals surface area (Å²) in [6, 6.07) is 5.53.